The van der Waals surface area contributed by atoms with Crippen molar-refractivity contribution >= 4 is 29.0 Å². The molecule has 0 spiro atoms. The molecule has 1 aromatic heterocycles. The topological polar surface area (TPSA) is 68.5 Å². The number of anilines is 2. The highest BCUT2D eigenvalue weighted by molar-refractivity contribution is 6.31. The minimum absolute atomic E-state index is 0.0276. The maximum atomic E-state index is 12.3. The summed E-state index contributed by atoms with van der Waals surface area (Å²) in [5, 5.41) is 0.486. The Morgan fingerprint density at radius 1 is 1.29 bits per heavy atom. The molecule has 5 nitrogen and oxygen atoms in total. The number of para-hydroxylation sites is 2. The monoisotopic (exact) mass is 303 g/mol. The first-order chi connectivity index (χ1) is 10.1. The van der Waals surface area contributed by atoms with E-state index in [0.29, 0.717) is 35.3 Å². The van der Waals surface area contributed by atoms with E-state index >= 15 is 0 Å². The quantitative estimate of drug-likeness (QED) is 0.926. The Bertz CT molecular complexity index is 690. The van der Waals surface area contributed by atoms with E-state index in [9.17, 15) is 4.79 Å². The van der Waals surface area contributed by atoms with Crippen LogP contribution in [0.1, 0.15) is 12.1 Å². The maximum Gasteiger partial charge on any atom is 0.230 e. The van der Waals surface area contributed by atoms with Crippen LogP contribution in [0.4, 0.5) is 11.5 Å². The van der Waals surface area contributed by atoms with E-state index < -0.39 is 0 Å². The van der Waals surface area contributed by atoms with Crippen LogP contribution in [-0.2, 0) is 11.3 Å². The summed E-state index contributed by atoms with van der Waals surface area (Å²) in [5.74, 6) is 1.03. The fourth-order valence-electron chi connectivity index (χ4n) is 2.26. The average molecular weight is 304 g/mol. The van der Waals surface area contributed by atoms with E-state index in [1.165, 1.54) is 0 Å². The number of hydrogen-bond acceptors (Lipinski definition) is 4. The molecule has 2 aromatic rings. The summed E-state index contributed by atoms with van der Waals surface area (Å²) in [5.41, 5.74) is 6.99. The van der Waals surface area contributed by atoms with Crippen molar-refractivity contribution in [2.75, 3.05) is 17.2 Å². The highest BCUT2D eigenvalue weighted by Gasteiger charge is 2.24. The molecule has 1 aliphatic rings. The minimum Gasteiger partial charge on any atom is -0.491 e. The normalized spacial score (nSPS) is 14.3. The average Bonchev–Trinajstić information content (AvgIpc) is 2.63. The zero-order valence-corrected chi connectivity index (χ0v) is 12.0. The van der Waals surface area contributed by atoms with Crippen LogP contribution in [0, 0.1) is 0 Å². The third-order valence-electron chi connectivity index (χ3n) is 3.28. The molecule has 1 amide bonds. The van der Waals surface area contributed by atoms with Gasteiger partial charge in [-0.1, -0.05) is 23.7 Å². The molecule has 21 heavy (non-hydrogen) atoms. The molecular weight excluding hydrogens is 290 g/mol. The third-order valence-corrected chi connectivity index (χ3v) is 3.62. The van der Waals surface area contributed by atoms with Crippen LogP contribution in [-0.4, -0.2) is 17.5 Å². The van der Waals surface area contributed by atoms with E-state index in [2.05, 4.69) is 4.98 Å². The number of halogens is 1. The van der Waals surface area contributed by atoms with Crippen molar-refractivity contribution in [3.8, 4) is 5.75 Å². The molecule has 0 unspecified atom stereocenters. The van der Waals surface area contributed by atoms with E-state index in [1.54, 1.807) is 17.0 Å². The second-order valence-corrected chi connectivity index (χ2v) is 5.12. The first-order valence-corrected chi connectivity index (χ1v) is 6.96. The number of rotatable bonds is 2. The highest BCUT2D eigenvalue weighted by Crippen LogP contribution is 2.32. The lowest BCUT2D eigenvalue weighted by Crippen LogP contribution is -2.30. The predicted molar refractivity (Wildman–Crippen MR) is 81.4 cm³/mol. The van der Waals surface area contributed by atoms with E-state index in [1.807, 2.05) is 24.3 Å². The van der Waals surface area contributed by atoms with E-state index in [-0.39, 0.29) is 12.5 Å². The van der Waals surface area contributed by atoms with Gasteiger partial charge in [0.15, 0.2) is 0 Å². The third kappa shape index (κ3) is 2.78. The number of carbonyl (C=O) groups excluding carboxylic acids is 1. The SMILES string of the molecule is Nc1ccc(Cl)c(CN2C(=O)CCOc3ccccc32)n1. The van der Waals surface area contributed by atoms with Crippen molar-refractivity contribution < 1.29 is 9.53 Å². The summed E-state index contributed by atoms with van der Waals surface area (Å²) in [6.45, 7) is 0.632. The number of nitrogen functional groups attached to an aromatic ring is 1. The van der Waals surface area contributed by atoms with Crippen LogP contribution in [0.5, 0.6) is 5.75 Å². The number of benzene rings is 1. The van der Waals surface area contributed by atoms with Gasteiger partial charge in [-0.05, 0) is 24.3 Å². The number of hydrogen-bond donors (Lipinski definition) is 1. The van der Waals surface area contributed by atoms with Gasteiger partial charge in [-0.2, -0.15) is 0 Å². The highest BCUT2D eigenvalue weighted by atomic mass is 35.5. The number of ether oxygens (including phenoxy) is 1. The second kappa shape index (κ2) is 5.61. The molecule has 0 saturated carbocycles. The van der Waals surface area contributed by atoms with Crippen LogP contribution in [0.15, 0.2) is 36.4 Å². The van der Waals surface area contributed by atoms with Gasteiger partial charge in [-0.25, -0.2) is 4.98 Å². The van der Waals surface area contributed by atoms with Gasteiger partial charge in [0.2, 0.25) is 5.91 Å². The van der Waals surface area contributed by atoms with Crippen LogP contribution in [0.25, 0.3) is 0 Å². The molecule has 2 N–H and O–H groups in total. The first kappa shape index (κ1) is 13.7. The lowest BCUT2D eigenvalue weighted by atomic mass is 10.2. The fraction of sp³-hybridized carbons (Fsp3) is 0.200. The molecule has 0 saturated heterocycles. The molecule has 0 atom stereocenters. The lowest BCUT2D eigenvalue weighted by Gasteiger charge is -2.22. The summed E-state index contributed by atoms with van der Waals surface area (Å²) >= 11 is 6.14. The standard InChI is InChI=1S/C15H14ClN3O2/c16-10-5-6-14(17)18-11(10)9-19-12-3-1-2-4-13(12)21-8-7-15(19)20/h1-6H,7-9H2,(H2,17,18). The summed E-state index contributed by atoms with van der Waals surface area (Å²) in [7, 11) is 0. The molecular formula is C15H14ClN3O2. The number of aromatic nitrogens is 1. The van der Waals surface area contributed by atoms with Gasteiger partial charge in [-0.3, -0.25) is 4.79 Å². The number of pyridine rings is 1. The Morgan fingerprint density at radius 3 is 2.95 bits per heavy atom. The van der Waals surface area contributed by atoms with Crippen molar-refractivity contribution in [1.82, 2.24) is 4.98 Å². The number of nitrogens with two attached hydrogens (primary N) is 1. The van der Waals surface area contributed by atoms with Crippen molar-refractivity contribution in [3.05, 3.63) is 47.1 Å². The van der Waals surface area contributed by atoms with Gasteiger partial charge in [0.1, 0.15) is 11.6 Å². The largest absolute Gasteiger partial charge is 0.491 e. The summed E-state index contributed by atoms with van der Waals surface area (Å²) < 4.78 is 5.60. The summed E-state index contributed by atoms with van der Waals surface area (Å²) in [6, 6.07) is 10.7. The molecule has 0 radical (unpaired) electrons. The molecule has 2 heterocycles. The number of amides is 1. The van der Waals surface area contributed by atoms with Crippen molar-refractivity contribution in [1.29, 1.82) is 0 Å². The second-order valence-electron chi connectivity index (χ2n) is 4.71. The van der Waals surface area contributed by atoms with E-state index in [0.717, 1.165) is 5.69 Å². The smallest absolute Gasteiger partial charge is 0.230 e. The first-order valence-electron chi connectivity index (χ1n) is 6.58. The molecule has 3 rings (SSSR count). The molecule has 108 valence electrons. The predicted octanol–water partition coefficient (Wildman–Crippen LogP) is 2.63. The van der Waals surface area contributed by atoms with Gasteiger partial charge in [-0.15, -0.1) is 0 Å². The van der Waals surface area contributed by atoms with Gasteiger partial charge in [0.05, 0.1) is 36.0 Å². The number of carbonyl (C=O) groups is 1. The van der Waals surface area contributed by atoms with Crippen LogP contribution >= 0.6 is 11.6 Å². The van der Waals surface area contributed by atoms with Gasteiger partial charge in [0, 0.05) is 0 Å². The van der Waals surface area contributed by atoms with Crippen molar-refractivity contribution in [3.63, 3.8) is 0 Å². The fourth-order valence-corrected chi connectivity index (χ4v) is 2.42. The molecule has 1 aromatic carbocycles. The molecule has 1 aliphatic heterocycles. The molecule has 0 aliphatic carbocycles. The zero-order chi connectivity index (χ0) is 14.8. The minimum atomic E-state index is -0.0276. The summed E-state index contributed by atoms with van der Waals surface area (Å²) in [4.78, 5) is 18.2. The zero-order valence-electron chi connectivity index (χ0n) is 11.3. The maximum absolute atomic E-state index is 12.3. The Morgan fingerprint density at radius 2 is 2.10 bits per heavy atom. The Hall–Kier alpha value is -2.27. The van der Waals surface area contributed by atoms with Crippen LogP contribution in [0.3, 0.4) is 0 Å². The Kier molecular flexibility index (Phi) is 3.66. The summed E-state index contributed by atoms with van der Waals surface area (Å²) in [6.07, 6.45) is 0.314. The number of nitrogens with zero attached hydrogens (tertiary/aromatic N) is 2. The van der Waals surface area contributed by atoms with Gasteiger partial charge in [0.25, 0.3) is 0 Å². The Balaban J connectivity index is 2.00. The van der Waals surface area contributed by atoms with Crippen LogP contribution in [0.2, 0.25) is 5.02 Å². The van der Waals surface area contributed by atoms with Gasteiger partial charge >= 0.3 is 0 Å². The van der Waals surface area contributed by atoms with Gasteiger partial charge < -0.3 is 15.4 Å². The lowest BCUT2D eigenvalue weighted by molar-refractivity contribution is -0.118. The Labute approximate surface area is 127 Å². The molecule has 6 heteroatoms. The molecule has 0 bridgehead atoms. The van der Waals surface area contributed by atoms with Crippen LogP contribution < -0.4 is 15.4 Å². The number of fused-ring (bicyclic) bond motifs is 1. The van der Waals surface area contributed by atoms with Crippen molar-refractivity contribution in [2.45, 2.75) is 13.0 Å². The van der Waals surface area contributed by atoms with Crippen molar-refractivity contribution in [2.24, 2.45) is 0 Å². The molecule has 0 fully saturated rings. The van der Waals surface area contributed by atoms with E-state index in [4.69, 9.17) is 22.1 Å².